The minimum absolute atomic E-state index is 0.255. The van der Waals surface area contributed by atoms with E-state index in [1.807, 2.05) is 6.07 Å². The number of aromatic nitrogens is 2. The molecule has 2 N–H and O–H groups in total. The summed E-state index contributed by atoms with van der Waals surface area (Å²) in [7, 11) is 0. The first-order valence-electron chi connectivity index (χ1n) is 9.28. The number of piperazine rings is 1. The summed E-state index contributed by atoms with van der Waals surface area (Å²) >= 11 is 0. The van der Waals surface area contributed by atoms with Crippen molar-refractivity contribution in [1.82, 2.24) is 20.2 Å². The van der Waals surface area contributed by atoms with E-state index in [1.165, 1.54) is 0 Å². The molecule has 3 heterocycles. The van der Waals surface area contributed by atoms with Gasteiger partial charge in [0.05, 0.1) is 5.56 Å². The van der Waals surface area contributed by atoms with Crippen LogP contribution in [-0.2, 0) is 11.3 Å². The van der Waals surface area contributed by atoms with Gasteiger partial charge in [-0.25, -0.2) is 19.6 Å². The van der Waals surface area contributed by atoms with Crippen LogP contribution in [0.25, 0.3) is 0 Å². The molecule has 2 amide bonds. The molecular formula is C19H22N6O3. The summed E-state index contributed by atoms with van der Waals surface area (Å²) < 4.78 is 4.97. The average Bonchev–Trinajstić information content (AvgIpc) is 3.09. The topological polar surface area (TPSA) is 99.7 Å². The van der Waals surface area contributed by atoms with Crippen molar-refractivity contribution in [3.05, 3.63) is 47.8 Å². The zero-order valence-electron chi connectivity index (χ0n) is 15.4. The molecule has 0 unspecified atom stereocenters. The van der Waals surface area contributed by atoms with Crippen molar-refractivity contribution in [3.8, 4) is 0 Å². The minimum atomic E-state index is -0.315. The summed E-state index contributed by atoms with van der Waals surface area (Å²) in [6.45, 7) is 5.13. The second-order valence-corrected chi connectivity index (χ2v) is 6.71. The van der Waals surface area contributed by atoms with Gasteiger partial charge in [-0.2, -0.15) is 0 Å². The number of benzene rings is 1. The Morgan fingerprint density at radius 2 is 1.93 bits per heavy atom. The van der Waals surface area contributed by atoms with Gasteiger partial charge < -0.3 is 20.3 Å². The van der Waals surface area contributed by atoms with Crippen LogP contribution in [0.4, 0.5) is 16.4 Å². The number of fused-ring (bicyclic) bond motifs is 1. The fourth-order valence-electron chi connectivity index (χ4n) is 3.34. The number of nitrogens with one attached hydrogen (secondary N) is 2. The predicted molar refractivity (Wildman–Crippen MR) is 103 cm³/mol. The van der Waals surface area contributed by atoms with Crippen LogP contribution in [-0.4, -0.2) is 66.1 Å². The van der Waals surface area contributed by atoms with E-state index in [0.717, 1.165) is 44.2 Å². The zero-order chi connectivity index (χ0) is 19.3. The first-order valence-corrected chi connectivity index (χ1v) is 9.28. The second-order valence-electron chi connectivity index (χ2n) is 6.71. The Morgan fingerprint density at radius 1 is 1.14 bits per heavy atom. The average molecular weight is 382 g/mol. The third kappa shape index (κ3) is 4.20. The number of hydrogen-bond donors (Lipinski definition) is 2. The summed E-state index contributed by atoms with van der Waals surface area (Å²) in [6, 6.07) is 6.70. The molecule has 28 heavy (non-hydrogen) atoms. The lowest BCUT2D eigenvalue weighted by atomic mass is 10.1. The fraction of sp³-hybridized carbons (Fsp3) is 0.368. The van der Waals surface area contributed by atoms with E-state index >= 15 is 0 Å². The van der Waals surface area contributed by atoms with Gasteiger partial charge in [-0.3, -0.25) is 4.90 Å². The van der Waals surface area contributed by atoms with Crippen LogP contribution in [0.15, 0.2) is 36.7 Å². The molecule has 1 saturated heterocycles. The SMILES string of the molecule is O=C(NCCN1CCN(c2ncccn2)CC1)Nc1ccc2c(c1)COC2=O. The van der Waals surface area contributed by atoms with Crippen molar-refractivity contribution >= 4 is 23.6 Å². The molecule has 0 aliphatic carbocycles. The summed E-state index contributed by atoms with van der Waals surface area (Å²) in [4.78, 5) is 36.6. The molecule has 1 fully saturated rings. The van der Waals surface area contributed by atoms with Crippen LogP contribution in [0.3, 0.4) is 0 Å². The van der Waals surface area contributed by atoms with E-state index in [1.54, 1.807) is 30.6 Å². The largest absolute Gasteiger partial charge is 0.457 e. The Labute approximate surface area is 162 Å². The van der Waals surface area contributed by atoms with Gasteiger partial charge in [0.1, 0.15) is 6.61 Å². The molecule has 0 bridgehead atoms. The lowest BCUT2D eigenvalue weighted by Crippen LogP contribution is -2.49. The van der Waals surface area contributed by atoms with Gasteiger partial charge in [-0.1, -0.05) is 0 Å². The molecule has 1 aromatic carbocycles. The summed E-state index contributed by atoms with van der Waals surface area (Å²) in [5.41, 5.74) is 2.00. The highest BCUT2D eigenvalue weighted by Crippen LogP contribution is 2.23. The van der Waals surface area contributed by atoms with Crippen molar-refractivity contribution in [3.63, 3.8) is 0 Å². The summed E-state index contributed by atoms with van der Waals surface area (Å²) in [6.07, 6.45) is 3.51. The molecule has 2 aromatic rings. The molecule has 2 aliphatic heterocycles. The van der Waals surface area contributed by atoms with Crippen molar-refractivity contribution in [1.29, 1.82) is 0 Å². The fourth-order valence-corrected chi connectivity index (χ4v) is 3.34. The van der Waals surface area contributed by atoms with Crippen LogP contribution in [0.2, 0.25) is 0 Å². The smallest absolute Gasteiger partial charge is 0.338 e. The lowest BCUT2D eigenvalue weighted by molar-refractivity contribution is 0.0535. The van der Waals surface area contributed by atoms with E-state index < -0.39 is 0 Å². The molecule has 9 nitrogen and oxygen atoms in total. The van der Waals surface area contributed by atoms with E-state index in [4.69, 9.17) is 4.74 Å². The highest BCUT2D eigenvalue weighted by molar-refractivity contribution is 5.95. The van der Waals surface area contributed by atoms with Crippen LogP contribution >= 0.6 is 0 Å². The minimum Gasteiger partial charge on any atom is -0.457 e. The van der Waals surface area contributed by atoms with Gasteiger partial charge >= 0.3 is 12.0 Å². The Morgan fingerprint density at radius 3 is 2.71 bits per heavy atom. The molecule has 2 aliphatic rings. The van der Waals surface area contributed by atoms with Crippen molar-refractivity contribution in [2.24, 2.45) is 0 Å². The Bertz CT molecular complexity index is 852. The lowest BCUT2D eigenvalue weighted by Gasteiger charge is -2.34. The second kappa shape index (κ2) is 8.22. The number of ether oxygens (including phenoxy) is 1. The summed E-state index contributed by atoms with van der Waals surface area (Å²) in [5, 5.41) is 5.66. The number of cyclic esters (lactones) is 1. The van der Waals surface area contributed by atoms with Crippen molar-refractivity contribution < 1.29 is 14.3 Å². The molecular weight excluding hydrogens is 360 g/mol. The van der Waals surface area contributed by atoms with E-state index in [9.17, 15) is 9.59 Å². The normalized spacial score (nSPS) is 16.4. The van der Waals surface area contributed by atoms with Gasteiger partial charge in [-0.05, 0) is 24.3 Å². The highest BCUT2D eigenvalue weighted by Gasteiger charge is 2.21. The summed E-state index contributed by atoms with van der Waals surface area (Å²) in [5.74, 6) is 0.450. The number of nitrogens with zero attached hydrogens (tertiary/aromatic N) is 4. The van der Waals surface area contributed by atoms with Crippen LogP contribution in [0.1, 0.15) is 15.9 Å². The maximum atomic E-state index is 12.1. The maximum absolute atomic E-state index is 12.1. The molecule has 9 heteroatoms. The standard InChI is InChI=1S/C19H22N6O3/c26-17-16-3-2-15(12-14(16)13-28-17)23-19(27)22-6-7-24-8-10-25(11-9-24)18-20-4-1-5-21-18/h1-5,12H,6-11,13H2,(H2,22,23,27). The first kappa shape index (κ1) is 18.2. The molecule has 0 atom stereocenters. The number of urea groups is 1. The Balaban J connectivity index is 1.18. The van der Waals surface area contributed by atoms with E-state index in [0.29, 0.717) is 17.8 Å². The van der Waals surface area contributed by atoms with Crippen molar-refractivity contribution in [2.75, 3.05) is 49.5 Å². The molecule has 0 radical (unpaired) electrons. The maximum Gasteiger partial charge on any atom is 0.338 e. The number of esters is 1. The van der Waals surface area contributed by atoms with E-state index in [2.05, 4.69) is 30.4 Å². The molecule has 1 aromatic heterocycles. The molecule has 146 valence electrons. The Kier molecular flexibility index (Phi) is 5.34. The van der Waals surface area contributed by atoms with Crippen LogP contribution in [0.5, 0.6) is 0 Å². The third-order valence-corrected chi connectivity index (χ3v) is 4.86. The first-order chi connectivity index (χ1) is 13.7. The molecule has 4 rings (SSSR count). The number of rotatable bonds is 5. The number of anilines is 2. The number of amides is 2. The molecule has 0 saturated carbocycles. The molecule has 0 spiro atoms. The third-order valence-electron chi connectivity index (χ3n) is 4.86. The van der Waals surface area contributed by atoms with Crippen LogP contribution in [0, 0.1) is 0 Å². The van der Waals surface area contributed by atoms with Crippen molar-refractivity contribution in [2.45, 2.75) is 6.61 Å². The number of hydrogen-bond acceptors (Lipinski definition) is 7. The van der Waals surface area contributed by atoms with Crippen LogP contribution < -0.4 is 15.5 Å². The monoisotopic (exact) mass is 382 g/mol. The van der Waals surface area contributed by atoms with Gasteiger partial charge in [0.2, 0.25) is 5.95 Å². The van der Waals surface area contributed by atoms with Gasteiger partial charge in [0.25, 0.3) is 0 Å². The van der Waals surface area contributed by atoms with Gasteiger partial charge in [0.15, 0.2) is 0 Å². The Hall–Kier alpha value is -3.20. The quantitative estimate of drug-likeness (QED) is 0.747. The number of carbonyl (C=O) groups excluding carboxylic acids is 2. The highest BCUT2D eigenvalue weighted by atomic mass is 16.5. The van der Waals surface area contributed by atoms with Gasteiger partial charge in [0, 0.05) is 62.9 Å². The zero-order valence-corrected chi connectivity index (χ0v) is 15.4. The number of carbonyl (C=O) groups is 2. The van der Waals surface area contributed by atoms with E-state index in [-0.39, 0.29) is 18.6 Å². The predicted octanol–water partition coefficient (Wildman–Crippen LogP) is 1.09. The van der Waals surface area contributed by atoms with Gasteiger partial charge in [-0.15, -0.1) is 0 Å².